The van der Waals surface area contributed by atoms with Crippen molar-refractivity contribution in [3.8, 4) is 0 Å². The Morgan fingerprint density at radius 1 is 1.39 bits per heavy atom. The van der Waals surface area contributed by atoms with Crippen LogP contribution in [-0.2, 0) is 4.74 Å². The fraction of sp³-hybridized carbons (Fsp3) is 0.846. The number of nitrogens with one attached hydrogen (secondary N) is 1. The summed E-state index contributed by atoms with van der Waals surface area (Å²) in [4.78, 5) is 12.2. The van der Waals surface area contributed by atoms with E-state index in [4.69, 9.17) is 22.7 Å². The molecule has 0 atom stereocenters. The molecule has 0 saturated heterocycles. The summed E-state index contributed by atoms with van der Waals surface area (Å²) in [6.45, 7) is 7.71. The van der Waals surface area contributed by atoms with Gasteiger partial charge in [-0.3, -0.25) is 0 Å². The topological polar surface area (TPSA) is 64.3 Å². The van der Waals surface area contributed by atoms with Gasteiger partial charge in [0, 0.05) is 0 Å². The Balaban J connectivity index is 2.70. The predicted octanol–water partition coefficient (Wildman–Crippen LogP) is 2.75. The van der Waals surface area contributed by atoms with Crippen LogP contribution in [0.4, 0.5) is 4.79 Å². The van der Waals surface area contributed by atoms with E-state index in [9.17, 15) is 4.79 Å². The fourth-order valence-corrected chi connectivity index (χ4v) is 2.44. The number of alkyl carbamates (subject to hydrolysis) is 1. The van der Waals surface area contributed by atoms with Gasteiger partial charge < -0.3 is 15.8 Å². The molecule has 0 radical (unpaired) electrons. The number of hydrogen-bond acceptors (Lipinski definition) is 3. The SMILES string of the molecule is CC1CCC(NC(=O)OC(C)(C)C)(C(N)=S)CC1. The number of ether oxygens (including phenoxy) is 1. The molecule has 1 saturated carbocycles. The van der Waals surface area contributed by atoms with E-state index in [1.807, 2.05) is 20.8 Å². The van der Waals surface area contributed by atoms with E-state index >= 15 is 0 Å². The molecule has 0 aromatic carbocycles. The number of hydrogen-bond donors (Lipinski definition) is 2. The molecular formula is C13H24N2O2S. The van der Waals surface area contributed by atoms with E-state index < -0.39 is 17.2 Å². The summed E-state index contributed by atoms with van der Waals surface area (Å²) in [7, 11) is 0. The average Bonchev–Trinajstić information content (AvgIpc) is 2.18. The third kappa shape index (κ3) is 4.12. The minimum atomic E-state index is -0.565. The highest BCUT2D eigenvalue weighted by atomic mass is 32.1. The Hall–Kier alpha value is -0.840. The van der Waals surface area contributed by atoms with Crippen molar-refractivity contribution in [1.29, 1.82) is 0 Å². The van der Waals surface area contributed by atoms with Gasteiger partial charge in [-0.1, -0.05) is 19.1 Å². The first kappa shape index (κ1) is 15.2. The normalized spacial score (nSPS) is 28.6. The summed E-state index contributed by atoms with van der Waals surface area (Å²) >= 11 is 5.13. The third-order valence-electron chi connectivity index (χ3n) is 3.34. The maximum Gasteiger partial charge on any atom is 0.408 e. The van der Waals surface area contributed by atoms with E-state index in [1.54, 1.807) is 0 Å². The molecule has 18 heavy (non-hydrogen) atoms. The number of carbonyl (C=O) groups is 1. The molecule has 0 aromatic rings. The minimum Gasteiger partial charge on any atom is -0.444 e. The summed E-state index contributed by atoms with van der Waals surface area (Å²) in [6.07, 6.45) is 3.19. The highest BCUT2D eigenvalue weighted by Gasteiger charge is 2.39. The maximum absolute atomic E-state index is 11.9. The lowest BCUT2D eigenvalue weighted by Gasteiger charge is -2.39. The van der Waals surface area contributed by atoms with Gasteiger partial charge in [-0.2, -0.15) is 0 Å². The first-order chi connectivity index (χ1) is 8.15. The lowest BCUT2D eigenvalue weighted by atomic mass is 9.77. The zero-order chi connectivity index (χ0) is 14.0. The Morgan fingerprint density at radius 2 is 1.89 bits per heavy atom. The highest BCUT2D eigenvalue weighted by Crippen LogP contribution is 2.32. The van der Waals surface area contributed by atoms with Crippen LogP contribution in [0.25, 0.3) is 0 Å². The van der Waals surface area contributed by atoms with Crippen LogP contribution in [0, 0.1) is 5.92 Å². The number of nitrogens with two attached hydrogens (primary N) is 1. The second-order valence-electron chi connectivity index (χ2n) is 6.26. The number of rotatable bonds is 2. The average molecular weight is 272 g/mol. The van der Waals surface area contributed by atoms with Crippen molar-refractivity contribution >= 4 is 23.3 Å². The molecule has 0 bridgehead atoms. The Labute approximate surface area is 115 Å². The van der Waals surface area contributed by atoms with Gasteiger partial charge in [-0.15, -0.1) is 0 Å². The standard InChI is InChI=1S/C13H24N2O2S/c1-9-5-7-13(8-6-9,10(14)18)15-11(16)17-12(2,3)4/h9H,5-8H2,1-4H3,(H2,14,18)(H,15,16). The number of thiocarbonyl (C=S) groups is 1. The Bertz CT molecular complexity index is 328. The van der Waals surface area contributed by atoms with E-state index in [0.29, 0.717) is 10.9 Å². The van der Waals surface area contributed by atoms with Crippen molar-refractivity contribution in [1.82, 2.24) is 5.32 Å². The van der Waals surface area contributed by atoms with Crippen LogP contribution < -0.4 is 11.1 Å². The maximum atomic E-state index is 11.9. The van der Waals surface area contributed by atoms with Crippen molar-refractivity contribution < 1.29 is 9.53 Å². The van der Waals surface area contributed by atoms with Crippen LogP contribution in [0.5, 0.6) is 0 Å². The monoisotopic (exact) mass is 272 g/mol. The van der Waals surface area contributed by atoms with Crippen LogP contribution in [0.3, 0.4) is 0 Å². The van der Waals surface area contributed by atoms with Crippen molar-refractivity contribution in [3.63, 3.8) is 0 Å². The molecule has 4 nitrogen and oxygen atoms in total. The summed E-state index contributed by atoms with van der Waals surface area (Å²) in [5.41, 5.74) is 4.75. The summed E-state index contributed by atoms with van der Waals surface area (Å²) in [6, 6.07) is 0. The molecule has 104 valence electrons. The second kappa shape index (κ2) is 5.43. The van der Waals surface area contributed by atoms with Gasteiger partial charge in [-0.05, 0) is 52.4 Å². The Kier molecular flexibility index (Phi) is 4.59. The van der Waals surface area contributed by atoms with Gasteiger partial charge in [0.05, 0.1) is 10.5 Å². The molecule has 0 aromatic heterocycles. The molecule has 0 unspecified atom stereocenters. The van der Waals surface area contributed by atoms with Crippen LogP contribution >= 0.6 is 12.2 Å². The fourth-order valence-electron chi connectivity index (χ4n) is 2.19. The first-order valence-corrected chi connectivity index (χ1v) is 6.86. The van der Waals surface area contributed by atoms with E-state index in [1.165, 1.54) is 0 Å². The van der Waals surface area contributed by atoms with Gasteiger partial charge in [-0.25, -0.2) is 4.79 Å². The summed E-state index contributed by atoms with van der Waals surface area (Å²) < 4.78 is 5.28. The third-order valence-corrected chi connectivity index (χ3v) is 3.73. The largest absolute Gasteiger partial charge is 0.444 e. The molecule has 0 aliphatic heterocycles. The van der Waals surface area contributed by atoms with Crippen LogP contribution in [0.15, 0.2) is 0 Å². The van der Waals surface area contributed by atoms with Gasteiger partial charge >= 0.3 is 6.09 Å². The van der Waals surface area contributed by atoms with E-state index in [0.717, 1.165) is 25.7 Å². The molecule has 1 aliphatic carbocycles. The van der Waals surface area contributed by atoms with Crippen molar-refractivity contribution in [2.75, 3.05) is 0 Å². The molecule has 0 heterocycles. The van der Waals surface area contributed by atoms with E-state index in [2.05, 4.69) is 12.2 Å². The number of carbonyl (C=O) groups excluding carboxylic acids is 1. The Morgan fingerprint density at radius 3 is 2.28 bits per heavy atom. The van der Waals surface area contributed by atoms with Crippen LogP contribution in [0.1, 0.15) is 53.4 Å². The predicted molar refractivity (Wildman–Crippen MR) is 76.5 cm³/mol. The van der Waals surface area contributed by atoms with Crippen molar-refractivity contribution in [2.45, 2.75) is 64.5 Å². The first-order valence-electron chi connectivity index (χ1n) is 6.46. The zero-order valence-electron chi connectivity index (χ0n) is 11.7. The molecule has 1 aliphatic rings. The van der Waals surface area contributed by atoms with Gasteiger partial charge in [0.15, 0.2) is 0 Å². The molecule has 0 spiro atoms. The molecule has 3 N–H and O–H groups in total. The molecule has 1 amide bonds. The molecule has 1 fully saturated rings. The van der Waals surface area contributed by atoms with Crippen molar-refractivity contribution in [3.05, 3.63) is 0 Å². The van der Waals surface area contributed by atoms with Crippen molar-refractivity contribution in [2.24, 2.45) is 11.7 Å². The lowest BCUT2D eigenvalue weighted by molar-refractivity contribution is 0.0461. The van der Waals surface area contributed by atoms with E-state index in [-0.39, 0.29) is 0 Å². The summed E-state index contributed by atoms with van der Waals surface area (Å²) in [5.74, 6) is 0.660. The quantitative estimate of drug-likeness (QED) is 0.759. The minimum absolute atomic E-state index is 0.361. The molecule has 1 rings (SSSR count). The number of amides is 1. The zero-order valence-corrected chi connectivity index (χ0v) is 12.5. The second-order valence-corrected chi connectivity index (χ2v) is 6.70. The molecular weight excluding hydrogens is 248 g/mol. The van der Waals surface area contributed by atoms with Gasteiger partial charge in [0.2, 0.25) is 0 Å². The smallest absolute Gasteiger partial charge is 0.408 e. The van der Waals surface area contributed by atoms with Gasteiger partial charge in [0.25, 0.3) is 0 Å². The highest BCUT2D eigenvalue weighted by molar-refractivity contribution is 7.80. The van der Waals surface area contributed by atoms with Crippen LogP contribution in [0.2, 0.25) is 0 Å². The lowest BCUT2D eigenvalue weighted by Crippen LogP contribution is -2.59. The van der Waals surface area contributed by atoms with Crippen LogP contribution in [-0.4, -0.2) is 22.2 Å². The summed E-state index contributed by atoms with van der Waals surface area (Å²) in [5, 5.41) is 2.88. The van der Waals surface area contributed by atoms with Gasteiger partial charge in [0.1, 0.15) is 5.60 Å². The molecule has 5 heteroatoms.